The highest BCUT2D eigenvalue weighted by Gasteiger charge is 2.08. The third-order valence-electron chi connectivity index (χ3n) is 2.01. The van der Waals surface area contributed by atoms with Crippen molar-refractivity contribution >= 4 is 22.6 Å². The molecular weight excluding hydrogens is 291 g/mol. The number of H-pyrrole nitrogens is 1. The molecule has 0 aliphatic heterocycles. The molecular formula is C10H9IN2O. The van der Waals surface area contributed by atoms with Crippen molar-refractivity contribution in [3.8, 4) is 5.69 Å². The molecule has 0 radical (unpaired) electrons. The van der Waals surface area contributed by atoms with Crippen LogP contribution in [0.3, 0.4) is 0 Å². The van der Waals surface area contributed by atoms with Crippen molar-refractivity contribution < 1.29 is 0 Å². The first-order chi connectivity index (χ1) is 6.70. The Labute approximate surface area is 94.9 Å². The Balaban J connectivity index is 2.64. The van der Waals surface area contributed by atoms with Crippen molar-refractivity contribution in [2.24, 2.45) is 0 Å². The molecule has 0 fully saturated rings. The van der Waals surface area contributed by atoms with E-state index in [-0.39, 0.29) is 5.56 Å². The van der Waals surface area contributed by atoms with Gasteiger partial charge < -0.3 is 0 Å². The Kier molecular flexibility index (Phi) is 2.45. The van der Waals surface area contributed by atoms with Crippen molar-refractivity contribution in [1.82, 2.24) is 9.78 Å². The largest absolute Gasteiger partial charge is 0.294 e. The molecule has 0 unspecified atom stereocenters. The summed E-state index contributed by atoms with van der Waals surface area (Å²) in [5.74, 6) is 0. The minimum Gasteiger partial charge on any atom is -0.294 e. The molecule has 1 aromatic heterocycles. The number of aromatic amines is 1. The van der Waals surface area contributed by atoms with Crippen molar-refractivity contribution in [1.29, 1.82) is 0 Å². The second-order valence-electron chi connectivity index (χ2n) is 3.03. The average molecular weight is 300 g/mol. The highest BCUT2D eigenvalue weighted by Crippen LogP contribution is 2.07. The summed E-state index contributed by atoms with van der Waals surface area (Å²) in [4.78, 5) is 11.7. The minimum absolute atomic E-state index is 0.00861. The first-order valence-corrected chi connectivity index (χ1v) is 5.30. The van der Waals surface area contributed by atoms with Gasteiger partial charge in [0, 0.05) is 5.69 Å². The summed E-state index contributed by atoms with van der Waals surface area (Å²) in [6.45, 7) is 1.89. The standard InChI is InChI=1S/C10H9IN2O/c1-7-9(11)10(14)13(12-7)8-5-3-2-4-6-8/h2-6,12H,1H3. The quantitative estimate of drug-likeness (QED) is 0.805. The molecule has 0 spiro atoms. The molecule has 14 heavy (non-hydrogen) atoms. The van der Waals surface area contributed by atoms with Crippen molar-refractivity contribution in [2.45, 2.75) is 6.92 Å². The first-order valence-electron chi connectivity index (χ1n) is 4.22. The Hall–Kier alpha value is -1.04. The smallest absolute Gasteiger partial charge is 0.284 e. The van der Waals surface area contributed by atoms with Crippen LogP contribution in [-0.4, -0.2) is 9.78 Å². The molecule has 0 amide bonds. The Morgan fingerprint density at radius 1 is 1.29 bits per heavy atom. The van der Waals surface area contributed by atoms with Gasteiger partial charge in [-0.2, -0.15) is 0 Å². The molecule has 0 saturated heterocycles. The van der Waals surface area contributed by atoms with Gasteiger partial charge in [0.1, 0.15) is 3.57 Å². The van der Waals surface area contributed by atoms with Crippen LogP contribution in [0.2, 0.25) is 0 Å². The summed E-state index contributed by atoms with van der Waals surface area (Å²) in [6, 6.07) is 9.53. The van der Waals surface area contributed by atoms with Gasteiger partial charge in [-0.3, -0.25) is 9.89 Å². The zero-order valence-corrected chi connectivity index (χ0v) is 9.78. The van der Waals surface area contributed by atoms with E-state index in [0.29, 0.717) is 0 Å². The SMILES string of the molecule is Cc1[nH]n(-c2ccccc2)c(=O)c1I. The van der Waals surface area contributed by atoms with E-state index >= 15 is 0 Å². The lowest BCUT2D eigenvalue weighted by atomic mass is 10.3. The average Bonchev–Trinajstić information content (AvgIpc) is 2.47. The zero-order valence-electron chi connectivity index (χ0n) is 7.62. The third-order valence-corrected chi connectivity index (χ3v) is 3.28. The summed E-state index contributed by atoms with van der Waals surface area (Å²) in [6.07, 6.45) is 0. The lowest BCUT2D eigenvalue weighted by Crippen LogP contribution is -2.15. The molecule has 2 aromatic rings. The maximum absolute atomic E-state index is 11.7. The van der Waals surface area contributed by atoms with Crippen LogP contribution in [0.4, 0.5) is 0 Å². The molecule has 2 rings (SSSR count). The topological polar surface area (TPSA) is 37.8 Å². The number of hydrogen-bond acceptors (Lipinski definition) is 1. The molecule has 0 aliphatic rings. The number of nitrogens with one attached hydrogen (secondary N) is 1. The molecule has 3 nitrogen and oxygen atoms in total. The van der Waals surface area contributed by atoms with Crippen molar-refractivity contribution in [3.63, 3.8) is 0 Å². The molecule has 0 saturated carbocycles. The summed E-state index contributed by atoms with van der Waals surface area (Å²) in [5.41, 5.74) is 1.78. The fourth-order valence-electron chi connectivity index (χ4n) is 1.28. The van der Waals surface area contributed by atoms with Crippen LogP contribution in [0.15, 0.2) is 35.1 Å². The van der Waals surface area contributed by atoms with Gasteiger partial charge in [-0.25, -0.2) is 4.68 Å². The molecule has 1 aromatic carbocycles. The van der Waals surface area contributed by atoms with Gasteiger partial charge in [0.15, 0.2) is 0 Å². The van der Waals surface area contributed by atoms with Crippen LogP contribution >= 0.6 is 22.6 Å². The van der Waals surface area contributed by atoms with Crippen LogP contribution in [0, 0.1) is 10.5 Å². The highest BCUT2D eigenvalue weighted by atomic mass is 127. The van der Waals surface area contributed by atoms with E-state index in [9.17, 15) is 4.79 Å². The minimum atomic E-state index is 0.00861. The molecule has 0 aliphatic carbocycles. The number of rotatable bonds is 1. The number of halogens is 1. The van der Waals surface area contributed by atoms with Gasteiger partial charge in [-0.1, -0.05) is 18.2 Å². The van der Waals surface area contributed by atoms with Gasteiger partial charge in [0.05, 0.1) is 5.69 Å². The second kappa shape index (κ2) is 3.61. The number of hydrogen-bond donors (Lipinski definition) is 1. The number of aryl methyl sites for hydroxylation is 1. The Morgan fingerprint density at radius 3 is 2.43 bits per heavy atom. The van der Waals surface area contributed by atoms with Crippen LogP contribution in [0.25, 0.3) is 5.69 Å². The lowest BCUT2D eigenvalue weighted by molar-refractivity contribution is 0.835. The summed E-state index contributed by atoms with van der Waals surface area (Å²) in [7, 11) is 0. The van der Waals surface area contributed by atoms with Crippen LogP contribution < -0.4 is 5.56 Å². The summed E-state index contributed by atoms with van der Waals surface area (Å²) >= 11 is 2.05. The molecule has 0 atom stereocenters. The van der Waals surface area contributed by atoms with E-state index in [2.05, 4.69) is 27.7 Å². The van der Waals surface area contributed by atoms with Gasteiger partial charge in [0.25, 0.3) is 5.56 Å². The predicted octanol–water partition coefficient (Wildman–Crippen LogP) is 2.08. The molecule has 1 heterocycles. The molecule has 72 valence electrons. The monoisotopic (exact) mass is 300 g/mol. The molecule has 0 bridgehead atoms. The molecule has 4 heteroatoms. The van der Waals surface area contributed by atoms with Crippen LogP contribution in [-0.2, 0) is 0 Å². The normalized spacial score (nSPS) is 10.4. The van der Waals surface area contributed by atoms with E-state index in [4.69, 9.17) is 0 Å². The van der Waals surface area contributed by atoms with E-state index in [0.717, 1.165) is 15.0 Å². The fraction of sp³-hybridized carbons (Fsp3) is 0.100. The maximum atomic E-state index is 11.7. The van der Waals surface area contributed by atoms with Crippen molar-refractivity contribution in [3.05, 3.63) is 49.9 Å². The van der Waals surface area contributed by atoms with Gasteiger partial charge in [0.2, 0.25) is 0 Å². The van der Waals surface area contributed by atoms with E-state index < -0.39 is 0 Å². The fourth-order valence-corrected chi connectivity index (χ4v) is 1.65. The van der Waals surface area contributed by atoms with E-state index in [1.54, 1.807) is 4.68 Å². The van der Waals surface area contributed by atoms with Crippen LogP contribution in [0.5, 0.6) is 0 Å². The number of para-hydroxylation sites is 1. The predicted molar refractivity (Wildman–Crippen MR) is 63.8 cm³/mol. The number of nitrogens with zero attached hydrogens (tertiary/aromatic N) is 1. The first kappa shape index (κ1) is 9.51. The molecule has 1 N–H and O–H groups in total. The zero-order chi connectivity index (χ0) is 10.1. The second-order valence-corrected chi connectivity index (χ2v) is 4.11. The lowest BCUT2D eigenvalue weighted by Gasteiger charge is -1.99. The number of aromatic nitrogens is 2. The Bertz CT molecular complexity index is 499. The summed E-state index contributed by atoms with van der Waals surface area (Å²) in [5, 5.41) is 3.03. The van der Waals surface area contributed by atoms with Gasteiger partial charge >= 0.3 is 0 Å². The van der Waals surface area contributed by atoms with Crippen molar-refractivity contribution in [2.75, 3.05) is 0 Å². The Morgan fingerprint density at radius 2 is 1.93 bits per heavy atom. The van der Waals surface area contributed by atoms with E-state index in [1.807, 2.05) is 37.3 Å². The van der Waals surface area contributed by atoms with E-state index in [1.165, 1.54) is 0 Å². The van der Waals surface area contributed by atoms with Gasteiger partial charge in [-0.15, -0.1) is 0 Å². The number of benzene rings is 1. The maximum Gasteiger partial charge on any atom is 0.284 e. The highest BCUT2D eigenvalue weighted by molar-refractivity contribution is 14.1. The summed E-state index contributed by atoms with van der Waals surface area (Å²) < 4.78 is 2.29. The van der Waals surface area contributed by atoms with Gasteiger partial charge in [-0.05, 0) is 41.6 Å². The third kappa shape index (κ3) is 1.50. The van der Waals surface area contributed by atoms with Crippen LogP contribution in [0.1, 0.15) is 5.69 Å².